The molecule has 0 radical (unpaired) electrons. The maximum Gasteiger partial charge on any atom is 0.119 e. The molecule has 1 aliphatic rings. The summed E-state index contributed by atoms with van der Waals surface area (Å²) in [6, 6.07) is 0.422. The second kappa shape index (κ2) is 5.60. The molecule has 1 unspecified atom stereocenters. The fraction of sp³-hybridized carbons (Fsp3) is 0.889. The number of rotatable bonds is 5. The molecule has 0 amide bonds. The Morgan fingerprint density at radius 3 is 2.92 bits per heavy atom. The molecule has 0 aromatic heterocycles. The maximum atomic E-state index is 10.0. The zero-order chi connectivity index (χ0) is 8.81. The van der Waals surface area contributed by atoms with Crippen molar-refractivity contribution in [1.82, 2.24) is 0 Å². The highest BCUT2D eigenvalue weighted by atomic mass is 32.2. The highest BCUT2D eigenvalue weighted by molar-refractivity contribution is 8.00. The zero-order valence-corrected chi connectivity index (χ0v) is 8.19. The number of unbranched alkanes of at least 4 members (excludes halogenated alkanes) is 2. The van der Waals surface area contributed by atoms with Crippen LogP contribution in [0.15, 0.2) is 0 Å². The summed E-state index contributed by atoms with van der Waals surface area (Å²) in [6.07, 6.45) is 6.38. The van der Waals surface area contributed by atoms with Crippen LogP contribution >= 0.6 is 11.8 Å². The van der Waals surface area contributed by atoms with Gasteiger partial charge in [-0.3, -0.25) is 0 Å². The van der Waals surface area contributed by atoms with Gasteiger partial charge in [0.15, 0.2) is 0 Å². The molecule has 12 heavy (non-hydrogen) atoms. The van der Waals surface area contributed by atoms with E-state index in [4.69, 9.17) is 5.73 Å². The van der Waals surface area contributed by atoms with Crippen molar-refractivity contribution in [2.75, 3.05) is 5.75 Å². The first-order chi connectivity index (χ1) is 5.83. The largest absolute Gasteiger partial charge is 0.327 e. The first-order valence-corrected chi connectivity index (χ1v) is 5.68. The van der Waals surface area contributed by atoms with Crippen LogP contribution < -0.4 is 5.73 Å². The zero-order valence-electron chi connectivity index (χ0n) is 7.37. The summed E-state index contributed by atoms with van der Waals surface area (Å²) in [5.41, 5.74) is 5.78. The lowest BCUT2D eigenvalue weighted by atomic mass is 10.1. The van der Waals surface area contributed by atoms with Crippen LogP contribution in [0.2, 0.25) is 0 Å². The summed E-state index contributed by atoms with van der Waals surface area (Å²) in [4.78, 5) is 10.0. The van der Waals surface area contributed by atoms with Crippen LogP contribution in [0.5, 0.6) is 0 Å². The summed E-state index contributed by atoms with van der Waals surface area (Å²) in [5, 5.41) is 0.770. The van der Waals surface area contributed by atoms with E-state index in [1.165, 1.54) is 19.3 Å². The molecule has 0 aromatic carbocycles. The third-order valence-corrected chi connectivity index (χ3v) is 3.73. The summed E-state index contributed by atoms with van der Waals surface area (Å²) in [7, 11) is 0. The lowest BCUT2D eigenvalue weighted by Gasteiger charge is -2.06. The van der Waals surface area contributed by atoms with Crippen molar-refractivity contribution >= 4 is 18.0 Å². The maximum absolute atomic E-state index is 10.0. The molecule has 0 spiro atoms. The number of thioether (sulfide) groups is 1. The normalized spacial score (nSPS) is 29.1. The lowest BCUT2D eigenvalue weighted by Crippen LogP contribution is -2.19. The van der Waals surface area contributed by atoms with Gasteiger partial charge in [0, 0.05) is 23.5 Å². The van der Waals surface area contributed by atoms with Gasteiger partial charge in [0.05, 0.1) is 0 Å². The van der Waals surface area contributed by atoms with Crippen LogP contribution in [0, 0.1) is 0 Å². The summed E-state index contributed by atoms with van der Waals surface area (Å²) in [6.45, 7) is 0. The van der Waals surface area contributed by atoms with Gasteiger partial charge < -0.3 is 10.5 Å². The topological polar surface area (TPSA) is 43.1 Å². The highest BCUT2D eigenvalue weighted by Crippen LogP contribution is 2.29. The molecule has 3 heteroatoms. The first kappa shape index (κ1) is 10.1. The molecule has 2 N–H and O–H groups in total. The molecular weight excluding hydrogens is 170 g/mol. The van der Waals surface area contributed by atoms with Crippen LogP contribution in [-0.4, -0.2) is 23.3 Å². The second-order valence-electron chi connectivity index (χ2n) is 3.40. The molecule has 0 aliphatic carbocycles. The lowest BCUT2D eigenvalue weighted by molar-refractivity contribution is -0.107. The average molecular weight is 187 g/mol. The van der Waals surface area contributed by atoms with Gasteiger partial charge in [-0.05, 0) is 19.3 Å². The van der Waals surface area contributed by atoms with Crippen molar-refractivity contribution in [3.05, 3.63) is 0 Å². The minimum atomic E-state index is 0.422. The molecule has 0 saturated carbocycles. The van der Waals surface area contributed by atoms with Crippen molar-refractivity contribution < 1.29 is 4.79 Å². The molecular formula is C9H17NOS. The van der Waals surface area contributed by atoms with Crippen molar-refractivity contribution in [2.24, 2.45) is 5.73 Å². The van der Waals surface area contributed by atoms with E-state index in [0.717, 1.165) is 30.1 Å². The molecule has 1 aliphatic heterocycles. The van der Waals surface area contributed by atoms with Gasteiger partial charge in [0.1, 0.15) is 6.29 Å². The van der Waals surface area contributed by atoms with E-state index in [2.05, 4.69) is 0 Å². The van der Waals surface area contributed by atoms with Crippen LogP contribution in [0.1, 0.15) is 32.1 Å². The predicted octanol–water partition coefficient (Wildman–Crippen LogP) is 1.58. The number of hydrogen-bond donors (Lipinski definition) is 1. The molecule has 2 atom stereocenters. The number of nitrogens with two attached hydrogens (primary N) is 1. The quantitative estimate of drug-likeness (QED) is 0.525. The van der Waals surface area contributed by atoms with Gasteiger partial charge in [-0.1, -0.05) is 6.42 Å². The third kappa shape index (κ3) is 3.59. The minimum Gasteiger partial charge on any atom is -0.327 e. The number of carbonyl (C=O) groups is 1. The fourth-order valence-corrected chi connectivity index (χ4v) is 2.91. The summed E-state index contributed by atoms with van der Waals surface area (Å²) in [5.74, 6) is 1.12. The van der Waals surface area contributed by atoms with Crippen LogP contribution in [0.25, 0.3) is 0 Å². The van der Waals surface area contributed by atoms with E-state index >= 15 is 0 Å². The van der Waals surface area contributed by atoms with Crippen LogP contribution in [0.3, 0.4) is 0 Å². The minimum absolute atomic E-state index is 0.422. The Morgan fingerprint density at radius 1 is 1.50 bits per heavy atom. The molecule has 0 aromatic rings. The molecule has 1 saturated heterocycles. The van der Waals surface area contributed by atoms with E-state index in [-0.39, 0.29) is 0 Å². The van der Waals surface area contributed by atoms with Crippen LogP contribution in [0.4, 0.5) is 0 Å². The van der Waals surface area contributed by atoms with E-state index in [9.17, 15) is 4.79 Å². The Bertz CT molecular complexity index is 140. The molecule has 1 rings (SSSR count). The number of carbonyl (C=O) groups excluding carboxylic acids is 1. The Kier molecular flexibility index (Phi) is 4.69. The molecule has 1 heterocycles. The van der Waals surface area contributed by atoms with Crippen molar-refractivity contribution in [1.29, 1.82) is 0 Å². The number of hydrogen-bond acceptors (Lipinski definition) is 3. The smallest absolute Gasteiger partial charge is 0.119 e. The second-order valence-corrected chi connectivity index (χ2v) is 4.74. The van der Waals surface area contributed by atoms with Gasteiger partial charge >= 0.3 is 0 Å². The van der Waals surface area contributed by atoms with Crippen molar-refractivity contribution in [3.8, 4) is 0 Å². The van der Waals surface area contributed by atoms with Crippen molar-refractivity contribution in [3.63, 3.8) is 0 Å². The molecule has 70 valence electrons. The van der Waals surface area contributed by atoms with E-state index in [0.29, 0.717) is 6.04 Å². The molecule has 2 nitrogen and oxygen atoms in total. The Hall–Kier alpha value is -0.0200. The third-order valence-electron chi connectivity index (χ3n) is 2.21. The van der Waals surface area contributed by atoms with E-state index in [1.54, 1.807) is 0 Å². The van der Waals surface area contributed by atoms with Gasteiger partial charge in [-0.15, -0.1) is 0 Å². The van der Waals surface area contributed by atoms with Crippen molar-refractivity contribution in [2.45, 2.75) is 43.4 Å². The predicted molar refractivity (Wildman–Crippen MR) is 53.4 cm³/mol. The van der Waals surface area contributed by atoms with Crippen LogP contribution in [-0.2, 0) is 4.79 Å². The van der Waals surface area contributed by atoms with Gasteiger partial charge in [-0.2, -0.15) is 11.8 Å². The highest BCUT2D eigenvalue weighted by Gasteiger charge is 2.21. The SMILES string of the molecule is NC1CS[C@H](CCCCC=O)C1. The van der Waals surface area contributed by atoms with Gasteiger partial charge in [0.25, 0.3) is 0 Å². The van der Waals surface area contributed by atoms with Gasteiger partial charge in [0.2, 0.25) is 0 Å². The van der Waals surface area contributed by atoms with E-state index in [1.807, 2.05) is 11.8 Å². The Balaban J connectivity index is 1.96. The molecule has 1 fully saturated rings. The summed E-state index contributed by atoms with van der Waals surface area (Å²) >= 11 is 2.00. The molecule has 0 bridgehead atoms. The Labute approximate surface area is 78.3 Å². The fourth-order valence-electron chi connectivity index (χ4n) is 1.53. The summed E-state index contributed by atoms with van der Waals surface area (Å²) < 4.78 is 0. The average Bonchev–Trinajstić information content (AvgIpc) is 2.45. The number of aldehydes is 1. The van der Waals surface area contributed by atoms with E-state index < -0.39 is 0 Å². The Morgan fingerprint density at radius 2 is 2.33 bits per heavy atom. The first-order valence-electron chi connectivity index (χ1n) is 4.63. The van der Waals surface area contributed by atoms with Gasteiger partial charge in [-0.25, -0.2) is 0 Å². The monoisotopic (exact) mass is 187 g/mol. The standard InChI is InChI=1S/C9H17NOS/c10-8-6-9(12-7-8)4-2-1-3-5-11/h5,8-9H,1-4,6-7,10H2/t8?,9-/m1/s1.